The van der Waals surface area contributed by atoms with E-state index in [0.717, 1.165) is 18.4 Å². The molecule has 1 aromatic carbocycles. The van der Waals surface area contributed by atoms with Crippen molar-refractivity contribution in [2.24, 2.45) is 0 Å². The maximum absolute atomic E-state index is 5.94. The predicted molar refractivity (Wildman–Crippen MR) is 71.0 cm³/mol. The highest BCUT2D eigenvalue weighted by Crippen LogP contribution is 2.28. The first-order valence-corrected chi connectivity index (χ1v) is 6.46. The van der Waals surface area contributed by atoms with Crippen LogP contribution in [0.15, 0.2) is 28.8 Å². The summed E-state index contributed by atoms with van der Waals surface area (Å²) < 4.78 is 5.60. The Hall–Kier alpha value is -0.700. The van der Waals surface area contributed by atoms with Gasteiger partial charge in [-0.3, -0.25) is 0 Å². The maximum Gasteiger partial charge on any atom is 0.194 e. The second kappa shape index (κ2) is 5.76. The number of alkyl halides is 1. The van der Waals surface area contributed by atoms with Gasteiger partial charge in [-0.2, -0.15) is 0 Å². The average molecular weight is 291 g/mol. The van der Waals surface area contributed by atoms with Crippen molar-refractivity contribution in [2.45, 2.75) is 12.8 Å². The van der Waals surface area contributed by atoms with Crippen LogP contribution in [0.5, 0.6) is 0 Å². The summed E-state index contributed by atoms with van der Waals surface area (Å²) in [6, 6.07) is 5.34. The van der Waals surface area contributed by atoms with Crippen LogP contribution in [0.2, 0.25) is 10.0 Å². The van der Waals surface area contributed by atoms with E-state index in [0.29, 0.717) is 27.6 Å². The molecule has 0 unspecified atom stereocenters. The van der Waals surface area contributed by atoms with E-state index >= 15 is 0 Å². The van der Waals surface area contributed by atoms with Crippen molar-refractivity contribution >= 4 is 34.8 Å². The van der Waals surface area contributed by atoms with E-state index in [4.69, 9.17) is 39.2 Å². The van der Waals surface area contributed by atoms with Crippen LogP contribution in [0.1, 0.15) is 12.3 Å². The highest BCUT2D eigenvalue weighted by molar-refractivity contribution is 6.42. The largest absolute Gasteiger partial charge is 0.441 e. The monoisotopic (exact) mass is 289 g/mol. The quantitative estimate of drug-likeness (QED) is 0.755. The lowest BCUT2D eigenvalue weighted by Gasteiger charge is -1.99. The Morgan fingerprint density at radius 3 is 2.71 bits per heavy atom. The molecule has 1 heterocycles. The first kappa shape index (κ1) is 12.7. The number of hydrogen-bond acceptors (Lipinski definition) is 2. The fourth-order valence-corrected chi connectivity index (χ4v) is 1.86. The van der Waals surface area contributed by atoms with Crippen LogP contribution in [0.4, 0.5) is 0 Å². The van der Waals surface area contributed by atoms with Crippen LogP contribution in [0.3, 0.4) is 0 Å². The molecule has 2 rings (SSSR count). The summed E-state index contributed by atoms with van der Waals surface area (Å²) in [5.41, 5.74) is 0.865. The van der Waals surface area contributed by atoms with Gasteiger partial charge in [-0.05, 0) is 24.6 Å². The van der Waals surface area contributed by atoms with Crippen LogP contribution < -0.4 is 0 Å². The molecule has 17 heavy (non-hydrogen) atoms. The van der Waals surface area contributed by atoms with E-state index in [1.165, 1.54) is 0 Å². The number of aromatic nitrogens is 1. The number of aryl methyl sites for hydroxylation is 1. The third-order valence-corrected chi connectivity index (χ3v) is 3.29. The number of halogens is 3. The zero-order valence-electron chi connectivity index (χ0n) is 8.92. The molecule has 0 N–H and O–H groups in total. The number of benzene rings is 1. The third-order valence-electron chi connectivity index (χ3n) is 2.28. The van der Waals surface area contributed by atoms with E-state index < -0.39 is 0 Å². The highest BCUT2D eigenvalue weighted by atomic mass is 35.5. The summed E-state index contributed by atoms with van der Waals surface area (Å²) >= 11 is 17.4. The lowest BCUT2D eigenvalue weighted by molar-refractivity contribution is 0.503. The molecule has 0 aliphatic carbocycles. The smallest absolute Gasteiger partial charge is 0.194 e. The predicted octanol–water partition coefficient (Wildman–Crippen LogP) is 4.82. The van der Waals surface area contributed by atoms with Crippen LogP contribution in [-0.2, 0) is 6.42 Å². The normalized spacial score (nSPS) is 10.8. The topological polar surface area (TPSA) is 26.0 Å². The minimum atomic E-state index is 0.503. The minimum absolute atomic E-state index is 0.503. The first-order chi connectivity index (χ1) is 8.20. The van der Waals surface area contributed by atoms with Crippen LogP contribution in [0, 0.1) is 0 Å². The van der Waals surface area contributed by atoms with Gasteiger partial charge < -0.3 is 4.42 Å². The van der Waals surface area contributed by atoms with Gasteiger partial charge in [0, 0.05) is 17.9 Å². The second-order valence-electron chi connectivity index (χ2n) is 3.54. The van der Waals surface area contributed by atoms with Gasteiger partial charge in [0.15, 0.2) is 11.7 Å². The number of oxazole rings is 1. The Morgan fingerprint density at radius 1 is 1.18 bits per heavy atom. The maximum atomic E-state index is 5.94. The molecule has 0 aliphatic rings. The summed E-state index contributed by atoms with van der Waals surface area (Å²) in [6.45, 7) is 0. The van der Waals surface area contributed by atoms with Gasteiger partial charge in [0.2, 0.25) is 0 Å². The lowest BCUT2D eigenvalue weighted by atomic mass is 10.2. The fourth-order valence-electron chi connectivity index (χ4n) is 1.43. The molecule has 90 valence electrons. The van der Waals surface area contributed by atoms with Crippen molar-refractivity contribution in [2.75, 3.05) is 5.88 Å². The molecular weight excluding hydrogens is 280 g/mol. The van der Waals surface area contributed by atoms with Crippen molar-refractivity contribution in [3.63, 3.8) is 0 Å². The lowest BCUT2D eigenvalue weighted by Crippen LogP contribution is -1.84. The number of rotatable bonds is 4. The molecule has 2 nitrogen and oxygen atoms in total. The standard InChI is InChI=1S/C12H10Cl3NO/c13-5-1-2-12-16-7-11(17-12)8-3-4-9(14)10(15)6-8/h3-4,6-7H,1-2,5H2. The Labute approximate surface area is 115 Å². The zero-order chi connectivity index (χ0) is 12.3. The molecule has 0 atom stereocenters. The summed E-state index contributed by atoms with van der Waals surface area (Å²) in [4.78, 5) is 4.18. The van der Waals surface area contributed by atoms with Gasteiger partial charge in [-0.25, -0.2) is 4.98 Å². The first-order valence-electron chi connectivity index (χ1n) is 5.17. The van der Waals surface area contributed by atoms with Crippen LogP contribution in [0.25, 0.3) is 11.3 Å². The zero-order valence-corrected chi connectivity index (χ0v) is 11.2. The second-order valence-corrected chi connectivity index (χ2v) is 4.73. The Morgan fingerprint density at radius 2 is 2.00 bits per heavy atom. The van der Waals surface area contributed by atoms with Gasteiger partial charge in [0.25, 0.3) is 0 Å². The van der Waals surface area contributed by atoms with Crippen molar-refractivity contribution in [1.29, 1.82) is 0 Å². The molecule has 2 aromatic rings. The van der Waals surface area contributed by atoms with Gasteiger partial charge >= 0.3 is 0 Å². The average Bonchev–Trinajstić information content (AvgIpc) is 2.79. The summed E-state index contributed by atoms with van der Waals surface area (Å²) in [7, 11) is 0. The highest BCUT2D eigenvalue weighted by Gasteiger charge is 2.08. The summed E-state index contributed by atoms with van der Waals surface area (Å²) in [6.07, 6.45) is 3.27. The van der Waals surface area contributed by atoms with Crippen molar-refractivity contribution in [1.82, 2.24) is 4.98 Å². The molecule has 0 fully saturated rings. The number of nitrogens with zero attached hydrogens (tertiary/aromatic N) is 1. The molecular formula is C12H10Cl3NO. The molecule has 0 aliphatic heterocycles. The molecule has 0 saturated carbocycles. The number of hydrogen-bond donors (Lipinski definition) is 0. The van der Waals surface area contributed by atoms with Crippen molar-refractivity contribution in [3.05, 3.63) is 40.3 Å². The Balaban J connectivity index is 2.21. The van der Waals surface area contributed by atoms with E-state index in [1.54, 1.807) is 18.3 Å². The van der Waals surface area contributed by atoms with Gasteiger partial charge in [-0.15, -0.1) is 11.6 Å². The Bertz CT molecular complexity index is 510. The van der Waals surface area contributed by atoms with E-state index in [1.807, 2.05) is 6.07 Å². The SMILES string of the molecule is ClCCCc1ncc(-c2ccc(Cl)c(Cl)c2)o1. The fraction of sp³-hybridized carbons (Fsp3) is 0.250. The molecule has 0 amide bonds. The summed E-state index contributed by atoms with van der Waals surface area (Å²) in [5, 5.41) is 1.03. The molecule has 0 radical (unpaired) electrons. The molecule has 0 bridgehead atoms. The van der Waals surface area contributed by atoms with Crippen molar-refractivity contribution < 1.29 is 4.42 Å². The molecule has 1 aromatic heterocycles. The third kappa shape index (κ3) is 3.15. The van der Waals surface area contributed by atoms with Crippen molar-refractivity contribution in [3.8, 4) is 11.3 Å². The van der Waals surface area contributed by atoms with E-state index in [9.17, 15) is 0 Å². The summed E-state index contributed by atoms with van der Waals surface area (Å²) in [5.74, 6) is 1.98. The minimum Gasteiger partial charge on any atom is -0.441 e. The Kier molecular flexibility index (Phi) is 4.32. The van der Waals surface area contributed by atoms with Gasteiger partial charge in [0.05, 0.1) is 16.2 Å². The van der Waals surface area contributed by atoms with E-state index in [-0.39, 0.29) is 0 Å². The molecule has 5 heteroatoms. The molecule has 0 spiro atoms. The van der Waals surface area contributed by atoms with Crippen LogP contribution >= 0.6 is 34.8 Å². The van der Waals surface area contributed by atoms with E-state index in [2.05, 4.69) is 4.98 Å². The molecule has 0 saturated heterocycles. The van der Waals surface area contributed by atoms with Crippen LogP contribution in [-0.4, -0.2) is 10.9 Å². The van der Waals surface area contributed by atoms with Gasteiger partial charge in [0.1, 0.15) is 0 Å². The van der Waals surface area contributed by atoms with Gasteiger partial charge in [-0.1, -0.05) is 23.2 Å².